The highest BCUT2D eigenvalue weighted by molar-refractivity contribution is 5.92. The molecule has 1 aromatic heterocycles. The minimum absolute atomic E-state index is 0.105. The number of hydrogen-bond acceptors (Lipinski definition) is 5. The van der Waals surface area contributed by atoms with Gasteiger partial charge in [0.05, 0.1) is 12.5 Å². The van der Waals surface area contributed by atoms with Crippen molar-refractivity contribution >= 4 is 11.9 Å². The molecule has 0 saturated carbocycles. The molecule has 1 heterocycles. The number of carboxylic acid groups (broad SMARTS) is 1. The Kier molecular flexibility index (Phi) is 4.65. The molecule has 1 unspecified atom stereocenters. The Balaban J connectivity index is 2.44. The molecule has 1 aromatic rings. The van der Waals surface area contributed by atoms with Gasteiger partial charge in [0.15, 0.2) is 5.69 Å². The van der Waals surface area contributed by atoms with Crippen molar-refractivity contribution in [1.82, 2.24) is 10.5 Å². The van der Waals surface area contributed by atoms with Gasteiger partial charge in [-0.1, -0.05) is 5.16 Å². The minimum atomic E-state index is -0.983. The van der Waals surface area contributed by atoms with Gasteiger partial charge in [-0.25, -0.2) is 0 Å². The SMILES string of the molecule is COC(CNC(=O)c1cc(C)on1)CC(=O)O. The molecule has 0 aliphatic rings. The fourth-order valence-corrected chi connectivity index (χ4v) is 1.20. The molecule has 0 radical (unpaired) electrons. The van der Waals surface area contributed by atoms with Crippen LogP contribution < -0.4 is 5.32 Å². The van der Waals surface area contributed by atoms with Gasteiger partial charge in [-0.15, -0.1) is 0 Å². The van der Waals surface area contributed by atoms with Crippen molar-refractivity contribution in [1.29, 1.82) is 0 Å². The van der Waals surface area contributed by atoms with Crippen LogP contribution in [0, 0.1) is 6.92 Å². The second kappa shape index (κ2) is 6.00. The van der Waals surface area contributed by atoms with E-state index in [9.17, 15) is 9.59 Å². The van der Waals surface area contributed by atoms with Gasteiger partial charge in [0, 0.05) is 19.7 Å². The Labute approximate surface area is 97.7 Å². The van der Waals surface area contributed by atoms with Crippen LogP contribution in [0.3, 0.4) is 0 Å². The number of carbonyl (C=O) groups excluding carboxylic acids is 1. The lowest BCUT2D eigenvalue weighted by Gasteiger charge is -2.12. The predicted molar refractivity (Wildman–Crippen MR) is 56.6 cm³/mol. The average Bonchev–Trinajstić information content (AvgIpc) is 2.70. The van der Waals surface area contributed by atoms with Gasteiger partial charge in [0.1, 0.15) is 5.76 Å². The fourth-order valence-electron chi connectivity index (χ4n) is 1.20. The third-order valence-electron chi connectivity index (χ3n) is 2.09. The molecule has 2 N–H and O–H groups in total. The van der Waals surface area contributed by atoms with E-state index in [1.807, 2.05) is 0 Å². The number of nitrogens with one attached hydrogen (secondary N) is 1. The van der Waals surface area contributed by atoms with E-state index in [0.29, 0.717) is 5.76 Å². The minimum Gasteiger partial charge on any atom is -0.481 e. The number of amides is 1. The fraction of sp³-hybridized carbons (Fsp3) is 0.500. The van der Waals surface area contributed by atoms with Crippen molar-refractivity contribution in [2.75, 3.05) is 13.7 Å². The maximum atomic E-state index is 11.5. The van der Waals surface area contributed by atoms with E-state index < -0.39 is 18.0 Å². The zero-order valence-electron chi connectivity index (χ0n) is 9.60. The molecular weight excluding hydrogens is 228 g/mol. The number of aromatic nitrogens is 1. The number of hydrogen-bond donors (Lipinski definition) is 2. The number of nitrogens with zero attached hydrogens (tertiary/aromatic N) is 1. The van der Waals surface area contributed by atoms with Crippen molar-refractivity contribution in [2.45, 2.75) is 19.4 Å². The molecule has 1 atom stereocenters. The lowest BCUT2D eigenvalue weighted by atomic mass is 10.2. The summed E-state index contributed by atoms with van der Waals surface area (Å²) in [4.78, 5) is 22.0. The van der Waals surface area contributed by atoms with Crippen molar-refractivity contribution in [3.8, 4) is 0 Å². The number of aryl methyl sites for hydroxylation is 1. The first-order valence-corrected chi connectivity index (χ1v) is 4.99. The molecule has 94 valence electrons. The molecule has 0 aliphatic heterocycles. The zero-order valence-corrected chi connectivity index (χ0v) is 9.60. The van der Waals surface area contributed by atoms with Crippen LogP contribution in [0.15, 0.2) is 10.6 Å². The molecule has 7 heteroatoms. The van der Waals surface area contributed by atoms with Crippen LogP contribution in [-0.2, 0) is 9.53 Å². The summed E-state index contributed by atoms with van der Waals surface area (Å²) in [6, 6.07) is 1.49. The number of ether oxygens (including phenoxy) is 1. The molecule has 0 fully saturated rings. The molecule has 0 aromatic carbocycles. The molecule has 0 spiro atoms. The summed E-state index contributed by atoms with van der Waals surface area (Å²) in [6.07, 6.45) is -0.737. The zero-order chi connectivity index (χ0) is 12.8. The molecule has 0 aliphatic carbocycles. The summed E-state index contributed by atoms with van der Waals surface area (Å²) in [5, 5.41) is 14.6. The maximum absolute atomic E-state index is 11.5. The van der Waals surface area contributed by atoms with E-state index >= 15 is 0 Å². The summed E-state index contributed by atoms with van der Waals surface area (Å²) in [5.41, 5.74) is 0.160. The van der Waals surface area contributed by atoms with Gasteiger partial charge < -0.3 is 19.7 Å². The summed E-state index contributed by atoms with van der Waals surface area (Å²) < 4.78 is 9.66. The molecule has 0 saturated heterocycles. The topological polar surface area (TPSA) is 102 Å². The van der Waals surface area contributed by atoms with Gasteiger partial charge in [0.2, 0.25) is 0 Å². The summed E-state index contributed by atoms with van der Waals surface area (Å²) in [6.45, 7) is 1.78. The van der Waals surface area contributed by atoms with Crippen LogP contribution in [0.5, 0.6) is 0 Å². The third kappa shape index (κ3) is 4.23. The van der Waals surface area contributed by atoms with E-state index in [1.54, 1.807) is 6.92 Å². The van der Waals surface area contributed by atoms with E-state index in [2.05, 4.69) is 10.5 Å². The molecule has 7 nitrogen and oxygen atoms in total. The van der Waals surface area contributed by atoms with Crippen LogP contribution in [-0.4, -0.2) is 41.9 Å². The summed E-state index contributed by atoms with van der Waals surface area (Å²) in [5.74, 6) is -0.873. The monoisotopic (exact) mass is 242 g/mol. The van der Waals surface area contributed by atoms with Gasteiger partial charge in [-0.3, -0.25) is 9.59 Å². The van der Waals surface area contributed by atoms with E-state index in [0.717, 1.165) is 0 Å². The lowest BCUT2D eigenvalue weighted by Crippen LogP contribution is -2.34. The van der Waals surface area contributed by atoms with Crippen molar-refractivity contribution in [2.24, 2.45) is 0 Å². The van der Waals surface area contributed by atoms with Crippen LogP contribution in [0.1, 0.15) is 22.7 Å². The third-order valence-corrected chi connectivity index (χ3v) is 2.09. The number of methoxy groups -OCH3 is 1. The summed E-state index contributed by atoms with van der Waals surface area (Å²) in [7, 11) is 1.39. The molecular formula is C10H14N2O5. The smallest absolute Gasteiger partial charge is 0.306 e. The maximum Gasteiger partial charge on any atom is 0.306 e. The first kappa shape index (κ1) is 13.2. The Hall–Kier alpha value is -1.89. The Morgan fingerprint density at radius 3 is 2.82 bits per heavy atom. The lowest BCUT2D eigenvalue weighted by molar-refractivity contribution is -0.139. The van der Waals surface area contributed by atoms with Crippen LogP contribution >= 0.6 is 0 Å². The van der Waals surface area contributed by atoms with E-state index in [1.165, 1.54) is 13.2 Å². The van der Waals surface area contributed by atoms with Gasteiger partial charge >= 0.3 is 5.97 Å². The normalized spacial score (nSPS) is 12.1. The Morgan fingerprint density at radius 2 is 2.35 bits per heavy atom. The highest BCUT2D eigenvalue weighted by Crippen LogP contribution is 2.02. The number of aliphatic carboxylic acids is 1. The second-order valence-corrected chi connectivity index (χ2v) is 3.49. The van der Waals surface area contributed by atoms with Crippen molar-refractivity contribution < 1.29 is 24.0 Å². The average molecular weight is 242 g/mol. The standard InChI is InChI=1S/C10H14N2O5/c1-6-3-8(12-17-6)10(15)11-5-7(16-2)4-9(13)14/h3,7H,4-5H2,1-2H3,(H,11,15)(H,13,14). The van der Waals surface area contributed by atoms with Gasteiger partial charge in [0.25, 0.3) is 5.91 Å². The second-order valence-electron chi connectivity index (χ2n) is 3.49. The highest BCUT2D eigenvalue weighted by Gasteiger charge is 2.16. The first-order chi connectivity index (χ1) is 8.02. The quantitative estimate of drug-likeness (QED) is 0.739. The van der Waals surface area contributed by atoms with Crippen LogP contribution in [0.2, 0.25) is 0 Å². The van der Waals surface area contributed by atoms with Crippen molar-refractivity contribution in [3.63, 3.8) is 0 Å². The molecule has 1 amide bonds. The van der Waals surface area contributed by atoms with Gasteiger partial charge in [-0.2, -0.15) is 0 Å². The predicted octanol–water partition coefficient (Wildman–Crippen LogP) is 0.203. The Morgan fingerprint density at radius 1 is 1.65 bits per heavy atom. The molecule has 0 bridgehead atoms. The largest absolute Gasteiger partial charge is 0.481 e. The van der Waals surface area contributed by atoms with E-state index in [-0.39, 0.29) is 18.7 Å². The molecule has 17 heavy (non-hydrogen) atoms. The number of carboxylic acids is 1. The number of rotatable bonds is 6. The van der Waals surface area contributed by atoms with Crippen LogP contribution in [0.4, 0.5) is 0 Å². The van der Waals surface area contributed by atoms with E-state index in [4.69, 9.17) is 14.4 Å². The highest BCUT2D eigenvalue weighted by atomic mass is 16.5. The first-order valence-electron chi connectivity index (χ1n) is 4.99. The van der Waals surface area contributed by atoms with Crippen LogP contribution in [0.25, 0.3) is 0 Å². The summed E-state index contributed by atoms with van der Waals surface area (Å²) >= 11 is 0. The van der Waals surface area contributed by atoms with Gasteiger partial charge in [-0.05, 0) is 6.92 Å². The number of carbonyl (C=O) groups is 2. The Bertz CT molecular complexity index is 401. The molecule has 1 rings (SSSR count). The van der Waals surface area contributed by atoms with Crippen molar-refractivity contribution in [3.05, 3.63) is 17.5 Å².